The fraction of sp³-hybridized carbons (Fsp3) is 0.417. The molecule has 106 valence electrons. The van der Waals surface area contributed by atoms with Crippen molar-refractivity contribution in [2.75, 3.05) is 20.7 Å². The minimum absolute atomic E-state index is 0.241. The summed E-state index contributed by atoms with van der Waals surface area (Å²) in [7, 11) is 2.50. The third kappa shape index (κ3) is 4.63. The van der Waals surface area contributed by atoms with Gasteiger partial charge in [0.15, 0.2) is 0 Å². The monoisotopic (exact) mass is 295 g/mol. The van der Waals surface area contributed by atoms with Gasteiger partial charge in [0.25, 0.3) is 0 Å². The summed E-state index contributed by atoms with van der Waals surface area (Å²) in [5, 5.41) is 0.285. The van der Waals surface area contributed by atoms with Crippen molar-refractivity contribution in [1.29, 1.82) is 0 Å². The van der Waals surface area contributed by atoms with Crippen molar-refractivity contribution in [2.45, 2.75) is 12.6 Å². The second kappa shape index (κ2) is 6.14. The molecule has 0 saturated carbocycles. The minimum Gasteiger partial charge on any atom is -0.496 e. The number of hydrogen-bond acceptors (Lipinski definition) is 2. The van der Waals surface area contributed by atoms with Crippen molar-refractivity contribution in [3.8, 4) is 5.75 Å². The van der Waals surface area contributed by atoms with Crippen LogP contribution in [0.25, 0.3) is 0 Å². The Kier molecular flexibility index (Phi) is 5.05. The van der Waals surface area contributed by atoms with Gasteiger partial charge in [-0.15, -0.1) is 0 Å². The van der Waals surface area contributed by atoms with E-state index in [0.29, 0.717) is 16.2 Å². The van der Waals surface area contributed by atoms with Crippen LogP contribution in [-0.2, 0) is 11.2 Å². The molecule has 0 radical (unpaired) electrons. The van der Waals surface area contributed by atoms with Crippen LogP contribution in [0.1, 0.15) is 5.56 Å². The van der Waals surface area contributed by atoms with Crippen molar-refractivity contribution < 1.29 is 22.7 Å². The first-order chi connectivity index (χ1) is 8.74. The lowest BCUT2D eigenvalue weighted by atomic mass is 10.1. The number of alkyl halides is 3. The Balaban J connectivity index is 2.82. The van der Waals surface area contributed by atoms with E-state index in [0.717, 1.165) is 7.05 Å². The summed E-state index contributed by atoms with van der Waals surface area (Å²) in [6.45, 7) is -1.29. The zero-order valence-corrected chi connectivity index (χ0v) is 11.2. The highest BCUT2D eigenvalue weighted by molar-refractivity contribution is 6.31. The average molecular weight is 296 g/mol. The number of nitrogens with zero attached hydrogens (tertiary/aromatic N) is 1. The Morgan fingerprint density at radius 1 is 1.42 bits per heavy atom. The van der Waals surface area contributed by atoms with E-state index in [9.17, 15) is 18.0 Å². The molecule has 0 fully saturated rings. The maximum absolute atomic E-state index is 12.2. The summed E-state index contributed by atoms with van der Waals surface area (Å²) in [4.78, 5) is 12.3. The summed E-state index contributed by atoms with van der Waals surface area (Å²) in [6.07, 6.45) is -4.66. The van der Waals surface area contributed by atoms with Crippen molar-refractivity contribution >= 4 is 17.5 Å². The van der Waals surface area contributed by atoms with Gasteiger partial charge in [-0.1, -0.05) is 17.7 Å². The molecular weight excluding hydrogens is 283 g/mol. The van der Waals surface area contributed by atoms with E-state index in [-0.39, 0.29) is 11.4 Å². The molecule has 0 atom stereocenters. The first kappa shape index (κ1) is 15.6. The Bertz CT molecular complexity index is 463. The number of carbonyl (C=O) groups excluding carboxylic acids is 1. The predicted octanol–water partition coefficient (Wildman–Crippen LogP) is 2.91. The second-order valence-corrected chi connectivity index (χ2v) is 4.37. The summed E-state index contributed by atoms with van der Waals surface area (Å²) in [5.41, 5.74) is 0.380. The number of hydrogen-bond donors (Lipinski definition) is 0. The highest BCUT2D eigenvalue weighted by Crippen LogP contribution is 2.27. The van der Waals surface area contributed by atoms with Gasteiger partial charge in [0, 0.05) is 17.6 Å². The van der Waals surface area contributed by atoms with Crippen LogP contribution in [0.15, 0.2) is 18.2 Å². The lowest BCUT2D eigenvalue weighted by Crippen LogP contribution is -2.36. The van der Waals surface area contributed by atoms with Gasteiger partial charge in [-0.2, -0.15) is 13.2 Å². The SMILES string of the molecule is COc1cccc(Cl)c1CC(=O)N(C)CC(F)(F)F. The van der Waals surface area contributed by atoms with Crippen LogP contribution in [0.5, 0.6) is 5.75 Å². The smallest absolute Gasteiger partial charge is 0.406 e. The summed E-state index contributed by atoms with van der Waals surface area (Å²) >= 11 is 5.92. The van der Waals surface area contributed by atoms with Gasteiger partial charge in [-0.25, -0.2) is 0 Å². The quantitative estimate of drug-likeness (QED) is 0.855. The largest absolute Gasteiger partial charge is 0.496 e. The maximum atomic E-state index is 12.2. The van der Waals surface area contributed by atoms with E-state index in [1.807, 2.05) is 0 Å². The molecule has 1 rings (SSSR count). The van der Waals surface area contributed by atoms with Crippen LogP contribution in [0.3, 0.4) is 0 Å². The second-order valence-electron chi connectivity index (χ2n) is 3.96. The van der Waals surface area contributed by atoms with Crippen molar-refractivity contribution in [2.24, 2.45) is 0 Å². The molecule has 1 aromatic rings. The third-order valence-electron chi connectivity index (χ3n) is 2.47. The number of ether oxygens (including phenoxy) is 1. The molecule has 19 heavy (non-hydrogen) atoms. The van der Waals surface area contributed by atoms with Gasteiger partial charge in [0.05, 0.1) is 13.5 Å². The highest BCUT2D eigenvalue weighted by atomic mass is 35.5. The number of amides is 1. The molecule has 3 nitrogen and oxygen atoms in total. The van der Waals surface area contributed by atoms with Gasteiger partial charge in [-0.3, -0.25) is 4.79 Å². The summed E-state index contributed by atoms with van der Waals surface area (Å²) in [5.74, 6) is -0.301. The number of likely N-dealkylation sites (N-methyl/N-ethyl adjacent to an activating group) is 1. The number of halogens is 4. The lowest BCUT2D eigenvalue weighted by Gasteiger charge is -2.19. The summed E-state index contributed by atoms with van der Waals surface area (Å²) < 4.78 is 41.6. The summed E-state index contributed by atoms with van der Waals surface area (Å²) in [6, 6.07) is 4.78. The van der Waals surface area contributed by atoms with Gasteiger partial charge < -0.3 is 9.64 Å². The fourth-order valence-corrected chi connectivity index (χ4v) is 1.78. The Hall–Kier alpha value is -1.43. The van der Waals surface area contributed by atoms with Crippen LogP contribution in [0, 0.1) is 0 Å². The van der Waals surface area contributed by atoms with Gasteiger partial charge in [0.2, 0.25) is 5.91 Å². The van der Waals surface area contributed by atoms with Crippen LogP contribution in [0.2, 0.25) is 5.02 Å². The molecule has 1 aromatic carbocycles. The number of benzene rings is 1. The number of rotatable bonds is 4. The molecule has 7 heteroatoms. The molecule has 0 aliphatic heterocycles. The van der Waals surface area contributed by atoms with E-state index < -0.39 is 18.6 Å². The highest BCUT2D eigenvalue weighted by Gasteiger charge is 2.31. The average Bonchev–Trinajstić information content (AvgIpc) is 2.29. The van der Waals surface area contributed by atoms with E-state index in [4.69, 9.17) is 16.3 Å². The molecule has 0 heterocycles. The van der Waals surface area contributed by atoms with Crippen molar-refractivity contribution in [3.05, 3.63) is 28.8 Å². The molecule has 0 bridgehead atoms. The van der Waals surface area contributed by atoms with Crippen LogP contribution in [0.4, 0.5) is 13.2 Å². The lowest BCUT2D eigenvalue weighted by molar-refractivity contribution is -0.157. The Labute approximate surface area is 113 Å². The van der Waals surface area contributed by atoms with E-state index >= 15 is 0 Å². The third-order valence-corrected chi connectivity index (χ3v) is 2.82. The molecule has 0 saturated heterocycles. The van der Waals surface area contributed by atoms with Gasteiger partial charge >= 0.3 is 6.18 Å². The minimum atomic E-state index is -4.42. The first-order valence-corrected chi connectivity index (χ1v) is 5.74. The predicted molar refractivity (Wildman–Crippen MR) is 65.4 cm³/mol. The molecule has 0 spiro atoms. The molecule has 0 aliphatic rings. The van der Waals surface area contributed by atoms with Gasteiger partial charge in [0.1, 0.15) is 12.3 Å². The van der Waals surface area contributed by atoms with Crippen molar-refractivity contribution in [1.82, 2.24) is 4.90 Å². The molecule has 0 N–H and O–H groups in total. The number of methoxy groups -OCH3 is 1. The van der Waals surface area contributed by atoms with E-state index in [2.05, 4.69) is 0 Å². The number of carbonyl (C=O) groups is 1. The van der Waals surface area contributed by atoms with Crippen molar-refractivity contribution in [3.63, 3.8) is 0 Å². The fourth-order valence-electron chi connectivity index (χ4n) is 1.54. The molecule has 0 aliphatic carbocycles. The van der Waals surface area contributed by atoms with Gasteiger partial charge in [-0.05, 0) is 12.1 Å². The molecule has 1 amide bonds. The van der Waals surface area contributed by atoms with Crippen LogP contribution < -0.4 is 4.74 Å². The van der Waals surface area contributed by atoms with E-state index in [1.54, 1.807) is 18.2 Å². The zero-order valence-electron chi connectivity index (χ0n) is 10.4. The molecule has 0 aromatic heterocycles. The van der Waals surface area contributed by atoms with Crippen LogP contribution in [-0.4, -0.2) is 37.7 Å². The zero-order chi connectivity index (χ0) is 14.6. The molecule has 0 unspecified atom stereocenters. The first-order valence-electron chi connectivity index (χ1n) is 5.36. The Morgan fingerprint density at radius 3 is 2.58 bits per heavy atom. The Morgan fingerprint density at radius 2 is 2.05 bits per heavy atom. The topological polar surface area (TPSA) is 29.5 Å². The standard InChI is InChI=1S/C12H13ClF3NO2/c1-17(7-12(14,15)16)11(18)6-8-9(13)4-3-5-10(8)19-2/h3-5H,6-7H2,1-2H3. The normalized spacial score (nSPS) is 11.3. The molecular formula is C12H13ClF3NO2. The van der Waals surface area contributed by atoms with E-state index in [1.165, 1.54) is 7.11 Å². The maximum Gasteiger partial charge on any atom is 0.406 e. The van der Waals surface area contributed by atoms with Crippen LogP contribution >= 0.6 is 11.6 Å².